The van der Waals surface area contributed by atoms with Crippen LogP contribution in [0.3, 0.4) is 0 Å². The van der Waals surface area contributed by atoms with Gasteiger partial charge in [-0.2, -0.15) is 5.26 Å². The van der Waals surface area contributed by atoms with Gasteiger partial charge in [0.1, 0.15) is 11.9 Å². The molecule has 0 bridgehead atoms. The Morgan fingerprint density at radius 3 is 2.75 bits per heavy atom. The third kappa shape index (κ3) is 2.31. The summed E-state index contributed by atoms with van der Waals surface area (Å²) in [7, 11) is 0. The van der Waals surface area contributed by atoms with Crippen LogP contribution in [0.2, 0.25) is 10.0 Å². The van der Waals surface area contributed by atoms with Crippen molar-refractivity contribution in [3.05, 3.63) is 51.4 Å². The van der Waals surface area contributed by atoms with Gasteiger partial charge in [-0.3, -0.25) is 0 Å². The van der Waals surface area contributed by atoms with Gasteiger partial charge in [0, 0.05) is 13.1 Å². The SMILES string of the molecule is N#Cc1cnc(N2CCc3c(ccc(Cl)c3Cl)C2)cn1. The van der Waals surface area contributed by atoms with E-state index in [1.807, 2.05) is 18.2 Å². The van der Waals surface area contributed by atoms with Crippen molar-refractivity contribution in [2.45, 2.75) is 13.0 Å². The van der Waals surface area contributed by atoms with Crippen LogP contribution in [-0.4, -0.2) is 16.5 Å². The van der Waals surface area contributed by atoms with Gasteiger partial charge in [0.15, 0.2) is 5.69 Å². The number of aromatic nitrogens is 2. The standard InChI is InChI=1S/C14H10Cl2N4/c15-12-2-1-9-8-20(4-3-11(9)14(12)16)13-7-18-10(5-17)6-19-13/h1-2,6-7H,3-4,8H2. The fourth-order valence-corrected chi connectivity index (χ4v) is 2.78. The quantitative estimate of drug-likeness (QED) is 0.812. The van der Waals surface area contributed by atoms with Crippen molar-refractivity contribution < 1.29 is 0 Å². The molecule has 1 aliphatic heterocycles. The molecule has 0 saturated heterocycles. The predicted molar refractivity (Wildman–Crippen MR) is 78.0 cm³/mol. The van der Waals surface area contributed by atoms with Crippen LogP contribution in [0.25, 0.3) is 0 Å². The molecule has 1 aromatic carbocycles. The minimum absolute atomic E-state index is 0.320. The monoisotopic (exact) mass is 304 g/mol. The fourth-order valence-electron chi connectivity index (χ4n) is 2.32. The number of hydrogen-bond acceptors (Lipinski definition) is 4. The predicted octanol–water partition coefficient (Wildman–Crippen LogP) is 3.22. The van der Waals surface area contributed by atoms with Crippen molar-refractivity contribution in [2.75, 3.05) is 11.4 Å². The molecule has 4 nitrogen and oxygen atoms in total. The minimum atomic E-state index is 0.320. The molecule has 1 aromatic heterocycles. The Bertz CT molecular complexity index is 692. The first-order valence-corrected chi connectivity index (χ1v) is 6.87. The van der Waals surface area contributed by atoms with Crippen molar-refractivity contribution >= 4 is 29.0 Å². The van der Waals surface area contributed by atoms with Gasteiger partial charge < -0.3 is 4.90 Å². The Morgan fingerprint density at radius 2 is 2.05 bits per heavy atom. The smallest absolute Gasteiger partial charge is 0.158 e. The van der Waals surface area contributed by atoms with Gasteiger partial charge in [0.05, 0.1) is 22.4 Å². The maximum Gasteiger partial charge on any atom is 0.158 e. The number of rotatable bonds is 1. The molecule has 0 spiro atoms. The summed E-state index contributed by atoms with van der Waals surface area (Å²) in [5.74, 6) is 0.765. The highest BCUT2D eigenvalue weighted by Gasteiger charge is 2.20. The van der Waals surface area contributed by atoms with E-state index in [0.717, 1.165) is 29.9 Å². The molecule has 0 N–H and O–H groups in total. The normalized spacial score (nSPS) is 13.8. The third-order valence-corrected chi connectivity index (χ3v) is 4.21. The third-order valence-electron chi connectivity index (χ3n) is 3.36. The Balaban J connectivity index is 1.88. The second kappa shape index (κ2) is 5.28. The summed E-state index contributed by atoms with van der Waals surface area (Å²) in [6.07, 6.45) is 3.93. The summed E-state index contributed by atoms with van der Waals surface area (Å²) < 4.78 is 0. The van der Waals surface area contributed by atoms with Gasteiger partial charge in [0.25, 0.3) is 0 Å². The molecule has 3 rings (SSSR count). The number of fused-ring (bicyclic) bond motifs is 1. The van der Waals surface area contributed by atoms with Gasteiger partial charge in [-0.15, -0.1) is 0 Å². The molecule has 100 valence electrons. The van der Waals surface area contributed by atoms with Gasteiger partial charge in [-0.05, 0) is 23.6 Å². The van der Waals surface area contributed by atoms with Crippen LogP contribution in [0.15, 0.2) is 24.5 Å². The Hall–Kier alpha value is -1.83. The van der Waals surface area contributed by atoms with E-state index < -0.39 is 0 Å². The van der Waals surface area contributed by atoms with Crippen molar-refractivity contribution in [1.29, 1.82) is 5.26 Å². The van der Waals surface area contributed by atoms with Crippen LogP contribution in [0.4, 0.5) is 5.82 Å². The summed E-state index contributed by atoms with van der Waals surface area (Å²) in [4.78, 5) is 10.4. The Kier molecular flexibility index (Phi) is 3.47. The zero-order valence-corrected chi connectivity index (χ0v) is 12.0. The molecule has 0 aliphatic carbocycles. The molecule has 1 aliphatic rings. The highest BCUT2D eigenvalue weighted by atomic mass is 35.5. The number of nitriles is 1. The summed E-state index contributed by atoms with van der Waals surface area (Å²) in [5.41, 5.74) is 2.58. The zero-order chi connectivity index (χ0) is 14.1. The van der Waals surface area contributed by atoms with Crippen LogP contribution in [0.5, 0.6) is 0 Å². The van der Waals surface area contributed by atoms with E-state index in [1.54, 1.807) is 6.20 Å². The molecule has 0 radical (unpaired) electrons. The second-order valence-electron chi connectivity index (χ2n) is 4.54. The van der Waals surface area contributed by atoms with E-state index in [2.05, 4.69) is 14.9 Å². The van der Waals surface area contributed by atoms with E-state index >= 15 is 0 Å². The van der Waals surface area contributed by atoms with Crippen LogP contribution >= 0.6 is 23.2 Å². The topological polar surface area (TPSA) is 52.8 Å². The second-order valence-corrected chi connectivity index (χ2v) is 5.33. The maximum absolute atomic E-state index is 8.73. The largest absolute Gasteiger partial charge is 0.351 e. The molecule has 2 heterocycles. The zero-order valence-electron chi connectivity index (χ0n) is 10.5. The molecule has 20 heavy (non-hydrogen) atoms. The number of halogens is 2. The van der Waals surface area contributed by atoms with E-state index in [-0.39, 0.29) is 0 Å². The highest BCUT2D eigenvalue weighted by Crippen LogP contribution is 2.33. The molecule has 0 saturated carbocycles. The van der Waals surface area contributed by atoms with E-state index in [9.17, 15) is 0 Å². The summed E-state index contributed by atoms with van der Waals surface area (Å²) in [6.45, 7) is 1.51. The van der Waals surface area contributed by atoms with Crippen molar-refractivity contribution in [1.82, 2.24) is 9.97 Å². The summed E-state index contributed by atoms with van der Waals surface area (Å²) in [6, 6.07) is 5.77. The van der Waals surface area contributed by atoms with Gasteiger partial charge in [-0.1, -0.05) is 29.3 Å². The fraction of sp³-hybridized carbons (Fsp3) is 0.214. The number of hydrogen-bond donors (Lipinski definition) is 0. The first kappa shape index (κ1) is 13.2. The first-order valence-electron chi connectivity index (χ1n) is 6.12. The van der Waals surface area contributed by atoms with Crippen molar-refractivity contribution in [3.8, 4) is 6.07 Å². The Morgan fingerprint density at radius 1 is 1.20 bits per heavy atom. The van der Waals surface area contributed by atoms with E-state index in [4.69, 9.17) is 28.5 Å². The highest BCUT2D eigenvalue weighted by molar-refractivity contribution is 6.42. The van der Waals surface area contributed by atoms with Crippen LogP contribution in [0.1, 0.15) is 16.8 Å². The number of benzene rings is 1. The molecule has 0 atom stereocenters. The molecule has 0 amide bonds. The summed E-state index contributed by atoms with van der Waals surface area (Å²) >= 11 is 12.3. The van der Waals surface area contributed by atoms with E-state index in [1.165, 1.54) is 6.20 Å². The molecule has 0 fully saturated rings. The molecular formula is C14H10Cl2N4. The lowest BCUT2D eigenvalue weighted by molar-refractivity contribution is 0.718. The first-order chi connectivity index (χ1) is 9.69. The van der Waals surface area contributed by atoms with Crippen molar-refractivity contribution in [2.24, 2.45) is 0 Å². The Labute approximate surface area is 126 Å². The molecule has 0 unspecified atom stereocenters. The van der Waals surface area contributed by atoms with Crippen LogP contribution < -0.4 is 4.90 Å². The van der Waals surface area contributed by atoms with Crippen LogP contribution in [0, 0.1) is 11.3 Å². The number of nitrogens with zero attached hydrogens (tertiary/aromatic N) is 4. The van der Waals surface area contributed by atoms with E-state index in [0.29, 0.717) is 22.3 Å². The molecule has 2 aromatic rings. The lowest BCUT2D eigenvalue weighted by atomic mass is 10.00. The average Bonchev–Trinajstić information content (AvgIpc) is 2.51. The number of anilines is 1. The average molecular weight is 305 g/mol. The van der Waals surface area contributed by atoms with Crippen molar-refractivity contribution in [3.63, 3.8) is 0 Å². The lowest BCUT2D eigenvalue weighted by Gasteiger charge is -2.30. The van der Waals surface area contributed by atoms with Gasteiger partial charge in [-0.25, -0.2) is 9.97 Å². The lowest BCUT2D eigenvalue weighted by Crippen LogP contribution is -2.31. The van der Waals surface area contributed by atoms with Gasteiger partial charge >= 0.3 is 0 Å². The molecular weight excluding hydrogens is 295 g/mol. The minimum Gasteiger partial charge on any atom is -0.351 e. The summed E-state index contributed by atoms with van der Waals surface area (Å²) in [5, 5.41) is 9.97. The molecule has 6 heteroatoms. The maximum atomic E-state index is 8.73. The van der Waals surface area contributed by atoms with Gasteiger partial charge in [0.2, 0.25) is 0 Å². The van der Waals surface area contributed by atoms with Crippen LogP contribution in [-0.2, 0) is 13.0 Å².